The third kappa shape index (κ3) is 4.46. The lowest BCUT2D eigenvalue weighted by Gasteiger charge is -2.23. The zero-order valence-corrected chi connectivity index (χ0v) is 12.6. The van der Waals surface area contributed by atoms with Gasteiger partial charge in [0, 0.05) is 0 Å². The highest BCUT2D eigenvalue weighted by atomic mass is 35.5. The highest BCUT2D eigenvalue weighted by Crippen LogP contribution is 2.27. The van der Waals surface area contributed by atoms with Gasteiger partial charge in [-0.1, -0.05) is 23.2 Å². The van der Waals surface area contributed by atoms with Gasteiger partial charge in [-0.2, -0.15) is 17.9 Å². The number of nitrogens with one attached hydrogen (secondary N) is 1. The zero-order valence-electron chi connectivity index (χ0n) is 10.3. The number of rotatable bonds is 5. The van der Waals surface area contributed by atoms with Gasteiger partial charge in [0.15, 0.2) is 12.1 Å². The first-order chi connectivity index (χ1) is 9.86. The van der Waals surface area contributed by atoms with E-state index in [4.69, 9.17) is 33.4 Å². The average Bonchev–Trinajstić information content (AvgIpc) is 2.37. The number of sulfonamides is 1. The molecule has 0 radical (unpaired) electrons. The van der Waals surface area contributed by atoms with E-state index in [0.29, 0.717) is 0 Å². The number of hydrogen-bond acceptors (Lipinski definition) is 4. The monoisotopic (exact) mass is 381 g/mol. The Bertz CT molecular complexity index is 680. The molecule has 3 N–H and O–H groups in total. The first kappa shape index (κ1) is 19.0. The van der Waals surface area contributed by atoms with Crippen LogP contribution in [0.1, 0.15) is 0 Å². The summed E-state index contributed by atoms with van der Waals surface area (Å²) in [5.41, 5.74) is 0. The Balaban J connectivity index is 3.21. The molecule has 0 fully saturated rings. The Morgan fingerprint density at radius 1 is 1.23 bits per heavy atom. The van der Waals surface area contributed by atoms with Crippen LogP contribution in [0.3, 0.4) is 0 Å². The Hall–Kier alpha value is -1.07. The topological polar surface area (TPSA) is 104 Å². The van der Waals surface area contributed by atoms with Gasteiger partial charge in [0.1, 0.15) is 0 Å². The van der Waals surface area contributed by atoms with E-state index in [-0.39, 0.29) is 10.0 Å². The number of carbonyl (C=O) groups is 1. The molecule has 0 unspecified atom stereocenters. The van der Waals surface area contributed by atoms with Crippen LogP contribution >= 0.6 is 23.2 Å². The van der Waals surface area contributed by atoms with Gasteiger partial charge in [-0.25, -0.2) is 13.2 Å². The van der Waals surface area contributed by atoms with Crippen molar-refractivity contribution in [1.82, 2.24) is 4.72 Å². The molecule has 1 aromatic carbocycles. The maximum absolute atomic E-state index is 12.7. The van der Waals surface area contributed by atoms with Gasteiger partial charge in [-0.15, -0.1) is 0 Å². The van der Waals surface area contributed by atoms with Crippen LogP contribution in [0.2, 0.25) is 10.0 Å². The minimum Gasteiger partial charge on any atom is -0.479 e. The summed E-state index contributed by atoms with van der Waals surface area (Å²) in [5.74, 6) is -2.24. The molecule has 0 aromatic heterocycles. The van der Waals surface area contributed by atoms with Crippen molar-refractivity contribution in [1.29, 1.82) is 0 Å². The van der Waals surface area contributed by atoms with Crippen molar-refractivity contribution in [3.05, 3.63) is 28.2 Å². The number of halogens is 5. The van der Waals surface area contributed by atoms with Gasteiger partial charge < -0.3 is 10.2 Å². The molecule has 22 heavy (non-hydrogen) atoms. The van der Waals surface area contributed by atoms with Crippen molar-refractivity contribution in [2.45, 2.75) is 23.2 Å². The van der Waals surface area contributed by atoms with E-state index in [1.54, 1.807) is 0 Å². The lowest BCUT2D eigenvalue weighted by molar-refractivity contribution is -0.185. The van der Waals surface area contributed by atoms with Crippen molar-refractivity contribution < 1.29 is 36.6 Å². The number of aliphatic hydroxyl groups is 1. The van der Waals surface area contributed by atoms with E-state index in [1.165, 1.54) is 0 Å². The predicted molar refractivity (Wildman–Crippen MR) is 70.3 cm³/mol. The Kier molecular flexibility index (Phi) is 5.68. The number of aliphatic carboxylic acids is 1. The summed E-state index contributed by atoms with van der Waals surface area (Å²) >= 11 is 11.1. The van der Waals surface area contributed by atoms with Crippen LogP contribution in [0.4, 0.5) is 13.2 Å². The molecule has 0 bridgehead atoms. The van der Waals surface area contributed by atoms with Crippen LogP contribution in [-0.2, 0) is 14.8 Å². The molecule has 124 valence electrons. The van der Waals surface area contributed by atoms with E-state index in [2.05, 4.69) is 0 Å². The number of hydrogen-bond donors (Lipinski definition) is 3. The minimum atomic E-state index is -5.33. The molecule has 0 amide bonds. The molecule has 6 nitrogen and oxygen atoms in total. The molecule has 12 heteroatoms. The lowest BCUT2D eigenvalue weighted by Crippen LogP contribution is -2.55. The van der Waals surface area contributed by atoms with E-state index in [9.17, 15) is 26.4 Å². The molecule has 0 saturated heterocycles. The molecule has 1 aromatic rings. The van der Waals surface area contributed by atoms with Crippen LogP contribution < -0.4 is 4.72 Å². The van der Waals surface area contributed by atoms with Gasteiger partial charge in [0.2, 0.25) is 10.0 Å². The van der Waals surface area contributed by atoms with Gasteiger partial charge >= 0.3 is 12.1 Å². The normalized spacial score (nSPS) is 15.4. The van der Waals surface area contributed by atoms with Crippen LogP contribution in [-0.4, -0.2) is 42.9 Å². The predicted octanol–water partition coefficient (Wildman–Crippen LogP) is 1.65. The molecular formula is C10H8Cl2F3NO5S. The first-order valence-electron chi connectivity index (χ1n) is 5.31. The highest BCUT2D eigenvalue weighted by molar-refractivity contribution is 7.89. The summed E-state index contributed by atoms with van der Waals surface area (Å²) in [4.78, 5) is 9.81. The van der Waals surface area contributed by atoms with Crippen molar-refractivity contribution in [2.75, 3.05) is 0 Å². The van der Waals surface area contributed by atoms with Crippen molar-refractivity contribution in [2.24, 2.45) is 0 Å². The molecule has 2 atom stereocenters. The molecular weight excluding hydrogens is 374 g/mol. The Morgan fingerprint density at radius 3 is 2.18 bits per heavy atom. The quantitative estimate of drug-likeness (QED) is 0.719. The fourth-order valence-electron chi connectivity index (χ4n) is 1.33. The van der Waals surface area contributed by atoms with E-state index < -0.39 is 39.2 Å². The first-order valence-corrected chi connectivity index (χ1v) is 7.55. The third-order valence-electron chi connectivity index (χ3n) is 2.40. The van der Waals surface area contributed by atoms with Crippen molar-refractivity contribution in [3.8, 4) is 0 Å². The Labute approximate surface area is 132 Å². The summed E-state index contributed by atoms with van der Waals surface area (Å²) in [7, 11) is -4.80. The van der Waals surface area contributed by atoms with Crippen molar-refractivity contribution in [3.63, 3.8) is 0 Å². The highest BCUT2D eigenvalue weighted by Gasteiger charge is 2.49. The zero-order chi connectivity index (χ0) is 17.3. The summed E-state index contributed by atoms with van der Waals surface area (Å²) in [5, 5.41) is 17.2. The van der Waals surface area contributed by atoms with Crippen LogP contribution in [0.15, 0.2) is 23.1 Å². The summed E-state index contributed by atoms with van der Waals surface area (Å²) in [6, 6.07) is -0.539. The molecule has 0 aliphatic rings. The number of benzene rings is 1. The van der Waals surface area contributed by atoms with Gasteiger partial charge in [-0.3, -0.25) is 0 Å². The average molecular weight is 382 g/mol. The number of carboxylic acid groups (broad SMARTS) is 1. The largest absolute Gasteiger partial charge is 0.479 e. The van der Waals surface area contributed by atoms with Crippen LogP contribution in [0.5, 0.6) is 0 Å². The molecule has 0 aliphatic heterocycles. The fourth-order valence-corrected chi connectivity index (χ4v) is 2.95. The molecule has 0 aliphatic carbocycles. The summed E-state index contributed by atoms with van der Waals surface area (Å²) in [6.07, 6.45) is -8.35. The lowest BCUT2D eigenvalue weighted by atomic mass is 10.2. The summed E-state index contributed by atoms with van der Waals surface area (Å²) in [6.45, 7) is 0. The standard InChI is InChI=1S/C10H8Cl2F3NO5S/c11-5-2-1-4(3-6(5)12)22(20,21)16-8(10(13,14)15)7(17)9(18)19/h1-3,7-8,16-17H,(H,18,19)/t7-,8+/m1/s1. The SMILES string of the molecule is O=C(O)[C@H](O)[C@H](NS(=O)(=O)c1ccc(Cl)c(Cl)c1)C(F)(F)F. The maximum Gasteiger partial charge on any atom is 0.408 e. The second kappa shape index (κ2) is 6.59. The number of carboxylic acids is 1. The third-order valence-corrected chi connectivity index (χ3v) is 4.58. The molecule has 1 rings (SSSR count). The second-order valence-electron chi connectivity index (χ2n) is 4.00. The van der Waals surface area contributed by atoms with E-state index in [1.807, 2.05) is 0 Å². The second-order valence-corrected chi connectivity index (χ2v) is 6.53. The van der Waals surface area contributed by atoms with Crippen molar-refractivity contribution >= 4 is 39.2 Å². The van der Waals surface area contributed by atoms with Crippen LogP contribution in [0.25, 0.3) is 0 Å². The molecule has 0 spiro atoms. The molecule has 0 saturated carbocycles. The Morgan fingerprint density at radius 2 is 1.77 bits per heavy atom. The minimum absolute atomic E-state index is 0.0291. The summed E-state index contributed by atoms with van der Waals surface area (Å²) < 4.78 is 63.0. The van der Waals surface area contributed by atoms with E-state index in [0.717, 1.165) is 22.9 Å². The van der Waals surface area contributed by atoms with Gasteiger partial charge in [0.25, 0.3) is 0 Å². The van der Waals surface area contributed by atoms with E-state index >= 15 is 0 Å². The van der Waals surface area contributed by atoms with Gasteiger partial charge in [-0.05, 0) is 18.2 Å². The molecule has 0 heterocycles. The van der Waals surface area contributed by atoms with Crippen LogP contribution in [0, 0.1) is 0 Å². The van der Waals surface area contributed by atoms with Gasteiger partial charge in [0.05, 0.1) is 14.9 Å². The number of alkyl halides is 3. The number of aliphatic hydroxyl groups excluding tert-OH is 1. The maximum atomic E-state index is 12.7. The smallest absolute Gasteiger partial charge is 0.408 e. The fraction of sp³-hybridized carbons (Fsp3) is 0.300.